The Hall–Kier alpha value is -3.03. The van der Waals surface area contributed by atoms with Crippen LogP contribution in [0.25, 0.3) is 22.6 Å². The predicted octanol–water partition coefficient (Wildman–Crippen LogP) is 0.624. The maximum atomic E-state index is 11.7. The third-order valence-corrected chi connectivity index (χ3v) is 3.05. The number of rotatable bonds is 3. The fraction of sp³-hybridized carbons (Fsp3) is 0.154. The van der Waals surface area contributed by atoms with E-state index in [0.717, 1.165) is 0 Å². The summed E-state index contributed by atoms with van der Waals surface area (Å²) in [5.41, 5.74) is -0.0962. The van der Waals surface area contributed by atoms with Crippen molar-refractivity contribution in [2.75, 3.05) is 14.2 Å². The molecule has 0 aliphatic rings. The first kappa shape index (κ1) is 13.0. The van der Waals surface area contributed by atoms with Crippen molar-refractivity contribution in [3.63, 3.8) is 0 Å². The summed E-state index contributed by atoms with van der Waals surface area (Å²) in [7, 11) is 3.08. The molecule has 0 aliphatic carbocycles. The number of benzene rings is 1. The van der Waals surface area contributed by atoms with E-state index in [1.807, 2.05) is 0 Å². The molecular weight excluding hydrogens is 276 g/mol. The SMILES string of the molecule is COc1ccc(-c2nc3[nH]c(=O)[nH]c(=O)c3[nH]2)c(OC)c1. The van der Waals surface area contributed by atoms with E-state index in [4.69, 9.17) is 9.47 Å². The maximum absolute atomic E-state index is 11.7. The highest BCUT2D eigenvalue weighted by atomic mass is 16.5. The third kappa shape index (κ3) is 2.16. The summed E-state index contributed by atoms with van der Waals surface area (Å²) in [4.78, 5) is 34.6. The topological polar surface area (TPSA) is 113 Å². The van der Waals surface area contributed by atoms with Gasteiger partial charge in [-0.15, -0.1) is 0 Å². The van der Waals surface area contributed by atoms with E-state index in [0.29, 0.717) is 22.9 Å². The molecule has 108 valence electrons. The number of aromatic nitrogens is 4. The lowest BCUT2D eigenvalue weighted by Gasteiger charge is -2.08. The van der Waals surface area contributed by atoms with E-state index in [1.165, 1.54) is 7.11 Å². The lowest BCUT2D eigenvalue weighted by Crippen LogP contribution is -2.21. The number of H-pyrrole nitrogens is 3. The van der Waals surface area contributed by atoms with Gasteiger partial charge in [-0.05, 0) is 12.1 Å². The molecule has 21 heavy (non-hydrogen) atoms. The molecule has 0 aliphatic heterocycles. The molecule has 8 nitrogen and oxygen atoms in total. The molecule has 3 N–H and O–H groups in total. The highest BCUT2D eigenvalue weighted by Crippen LogP contribution is 2.31. The molecule has 0 atom stereocenters. The molecule has 2 heterocycles. The summed E-state index contributed by atoms with van der Waals surface area (Å²) < 4.78 is 10.4. The number of fused-ring (bicyclic) bond motifs is 1. The van der Waals surface area contributed by atoms with E-state index >= 15 is 0 Å². The van der Waals surface area contributed by atoms with Crippen LogP contribution in [-0.2, 0) is 0 Å². The fourth-order valence-electron chi connectivity index (χ4n) is 2.05. The quantitative estimate of drug-likeness (QED) is 0.654. The molecule has 0 saturated heterocycles. The number of nitrogens with one attached hydrogen (secondary N) is 3. The molecule has 0 radical (unpaired) electrons. The van der Waals surface area contributed by atoms with Gasteiger partial charge >= 0.3 is 5.69 Å². The standard InChI is InChI=1S/C13H12N4O4/c1-20-6-3-4-7(8(5-6)21-2)10-14-9-11(15-10)16-13(19)17-12(9)18/h3-5H,1-2H3,(H3,14,15,16,17,18,19). The molecule has 0 amide bonds. The van der Waals surface area contributed by atoms with Gasteiger partial charge in [0.2, 0.25) is 0 Å². The monoisotopic (exact) mass is 288 g/mol. The molecule has 0 fully saturated rings. The minimum Gasteiger partial charge on any atom is -0.497 e. The Morgan fingerprint density at radius 3 is 2.57 bits per heavy atom. The van der Waals surface area contributed by atoms with Crippen molar-refractivity contribution in [3.05, 3.63) is 39.0 Å². The number of nitrogens with zero attached hydrogens (tertiary/aromatic N) is 1. The average molecular weight is 288 g/mol. The van der Waals surface area contributed by atoms with Crippen molar-refractivity contribution in [1.29, 1.82) is 0 Å². The van der Waals surface area contributed by atoms with Gasteiger partial charge in [0.25, 0.3) is 5.56 Å². The van der Waals surface area contributed by atoms with Gasteiger partial charge in [-0.1, -0.05) is 0 Å². The molecule has 0 spiro atoms. The van der Waals surface area contributed by atoms with E-state index in [1.54, 1.807) is 25.3 Å². The van der Waals surface area contributed by atoms with Crippen molar-refractivity contribution in [1.82, 2.24) is 19.9 Å². The van der Waals surface area contributed by atoms with E-state index in [2.05, 4.69) is 19.9 Å². The van der Waals surface area contributed by atoms with E-state index < -0.39 is 11.2 Å². The highest BCUT2D eigenvalue weighted by Gasteiger charge is 2.13. The minimum absolute atomic E-state index is 0.191. The number of hydrogen-bond acceptors (Lipinski definition) is 5. The second kappa shape index (κ2) is 4.82. The Morgan fingerprint density at radius 1 is 1.05 bits per heavy atom. The second-order valence-electron chi connectivity index (χ2n) is 4.28. The predicted molar refractivity (Wildman–Crippen MR) is 75.9 cm³/mol. The Balaban J connectivity index is 2.23. The summed E-state index contributed by atoms with van der Waals surface area (Å²) in [5, 5.41) is 0. The van der Waals surface area contributed by atoms with Crippen LogP contribution in [0.2, 0.25) is 0 Å². The van der Waals surface area contributed by atoms with Crippen molar-refractivity contribution < 1.29 is 9.47 Å². The maximum Gasteiger partial charge on any atom is 0.327 e. The highest BCUT2D eigenvalue weighted by molar-refractivity contribution is 5.77. The molecule has 0 unspecified atom stereocenters. The smallest absolute Gasteiger partial charge is 0.327 e. The summed E-state index contributed by atoms with van der Waals surface area (Å²) in [5.74, 6) is 1.59. The van der Waals surface area contributed by atoms with Crippen molar-refractivity contribution in [3.8, 4) is 22.9 Å². The molecule has 3 aromatic rings. The van der Waals surface area contributed by atoms with Crippen LogP contribution in [0.15, 0.2) is 27.8 Å². The Bertz CT molecular complexity index is 922. The number of imidazole rings is 1. The number of ether oxygens (including phenoxy) is 2. The van der Waals surface area contributed by atoms with Gasteiger partial charge < -0.3 is 14.5 Å². The molecule has 3 rings (SSSR count). The van der Waals surface area contributed by atoms with Crippen molar-refractivity contribution in [2.45, 2.75) is 0 Å². The van der Waals surface area contributed by atoms with Crippen molar-refractivity contribution >= 4 is 11.2 Å². The molecule has 0 bridgehead atoms. The van der Waals surface area contributed by atoms with Gasteiger partial charge in [0.1, 0.15) is 22.8 Å². The van der Waals surface area contributed by atoms with Gasteiger partial charge in [0, 0.05) is 6.07 Å². The minimum atomic E-state index is -0.604. The first-order valence-electron chi connectivity index (χ1n) is 6.07. The Morgan fingerprint density at radius 2 is 1.86 bits per heavy atom. The largest absolute Gasteiger partial charge is 0.497 e. The second-order valence-corrected chi connectivity index (χ2v) is 4.28. The van der Waals surface area contributed by atoms with Crippen LogP contribution in [0.4, 0.5) is 0 Å². The first-order chi connectivity index (χ1) is 10.1. The Labute approximate surface area is 117 Å². The molecule has 2 aromatic heterocycles. The molecular formula is C13H12N4O4. The van der Waals surface area contributed by atoms with E-state index in [-0.39, 0.29) is 11.2 Å². The van der Waals surface area contributed by atoms with Gasteiger partial charge in [0.05, 0.1) is 19.8 Å². The number of methoxy groups -OCH3 is 2. The summed E-state index contributed by atoms with van der Waals surface area (Å²) in [6, 6.07) is 5.20. The van der Waals surface area contributed by atoms with Crippen LogP contribution in [0.1, 0.15) is 0 Å². The van der Waals surface area contributed by atoms with E-state index in [9.17, 15) is 9.59 Å². The van der Waals surface area contributed by atoms with Crippen LogP contribution < -0.4 is 20.7 Å². The fourth-order valence-corrected chi connectivity index (χ4v) is 2.05. The lowest BCUT2D eigenvalue weighted by molar-refractivity contribution is 0.395. The van der Waals surface area contributed by atoms with Gasteiger partial charge in [-0.25, -0.2) is 9.78 Å². The summed E-state index contributed by atoms with van der Waals surface area (Å²) >= 11 is 0. The average Bonchev–Trinajstić information content (AvgIpc) is 2.90. The van der Waals surface area contributed by atoms with Crippen LogP contribution >= 0.6 is 0 Å². The zero-order chi connectivity index (χ0) is 15.0. The Kier molecular flexibility index (Phi) is 2.98. The van der Waals surface area contributed by atoms with Crippen LogP contribution in [0.5, 0.6) is 11.5 Å². The van der Waals surface area contributed by atoms with Crippen LogP contribution in [0.3, 0.4) is 0 Å². The van der Waals surface area contributed by atoms with Crippen molar-refractivity contribution in [2.24, 2.45) is 0 Å². The first-order valence-corrected chi connectivity index (χ1v) is 6.07. The molecule has 1 aromatic carbocycles. The normalized spacial score (nSPS) is 10.8. The summed E-state index contributed by atoms with van der Waals surface area (Å²) in [6.07, 6.45) is 0. The summed E-state index contributed by atoms with van der Waals surface area (Å²) in [6.45, 7) is 0. The lowest BCUT2D eigenvalue weighted by atomic mass is 10.2. The van der Waals surface area contributed by atoms with Gasteiger partial charge in [0.15, 0.2) is 5.65 Å². The van der Waals surface area contributed by atoms with Crippen LogP contribution in [0, 0.1) is 0 Å². The number of aromatic amines is 3. The van der Waals surface area contributed by atoms with Crippen LogP contribution in [-0.4, -0.2) is 34.2 Å². The van der Waals surface area contributed by atoms with Gasteiger partial charge in [-0.2, -0.15) is 0 Å². The zero-order valence-electron chi connectivity index (χ0n) is 11.3. The van der Waals surface area contributed by atoms with Gasteiger partial charge in [-0.3, -0.25) is 14.8 Å². The zero-order valence-corrected chi connectivity index (χ0v) is 11.3. The number of hydrogen-bond donors (Lipinski definition) is 3. The molecule has 8 heteroatoms. The third-order valence-electron chi connectivity index (χ3n) is 3.05. The molecule has 0 saturated carbocycles.